The standard InChI is InChI=1S/C23H18ClFN2O3S/c1-27(12-17-7-4-10-29-17)23(28)21-14-31-22(26-21)15-5-2-6-16(11-15)30-13-18-19(24)8-3-9-20(18)25/h2-11,14H,12-13H2,1H3. The highest BCUT2D eigenvalue weighted by Crippen LogP contribution is 2.28. The Balaban J connectivity index is 1.46. The summed E-state index contributed by atoms with van der Waals surface area (Å²) >= 11 is 7.42. The summed E-state index contributed by atoms with van der Waals surface area (Å²) in [6.07, 6.45) is 1.57. The number of carbonyl (C=O) groups is 1. The number of hydrogen-bond acceptors (Lipinski definition) is 5. The fraction of sp³-hybridized carbons (Fsp3) is 0.130. The smallest absolute Gasteiger partial charge is 0.273 e. The summed E-state index contributed by atoms with van der Waals surface area (Å²) in [4.78, 5) is 18.7. The van der Waals surface area contributed by atoms with E-state index in [-0.39, 0.29) is 12.5 Å². The Hall–Kier alpha value is -3.16. The second-order valence-electron chi connectivity index (χ2n) is 6.80. The Bertz CT molecular complexity index is 1170. The molecule has 0 spiro atoms. The maximum Gasteiger partial charge on any atom is 0.273 e. The van der Waals surface area contributed by atoms with Gasteiger partial charge in [-0.05, 0) is 36.4 Å². The van der Waals surface area contributed by atoms with Crippen molar-refractivity contribution in [3.05, 3.63) is 94.1 Å². The first kappa shape index (κ1) is 21.1. The lowest BCUT2D eigenvalue weighted by Gasteiger charge is -2.13. The van der Waals surface area contributed by atoms with Gasteiger partial charge in [-0.15, -0.1) is 11.3 Å². The molecule has 4 aromatic rings. The third kappa shape index (κ3) is 4.95. The van der Waals surface area contributed by atoms with Crippen LogP contribution in [0.5, 0.6) is 5.75 Å². The number of nitrogens with zero attached hydrogens (tertiary/aromatic N) is 2. The number of thiazole rings is 1. The molecule has 8 heteroatoms. The molecule has 31 heavy (non-hydrogen) atoms. The maximum absolute atomic E-state index is 13.9. The van der Waals surface area contributed by atoms with Gasteiger partial charge in [-0.3, -0.25) is 4.79 Å². The molecule has 158 valence electrons. The van der Waals surface area contributed by atoms with Gasteiger partial charge in [-0.2, -0.15) is 0 Å². The first-order valence-corrected chi connectivity index (χ1v) is 10.7. The Labute approximate surface area is 187 Å². The average molecular weight is 457 g/mol. The normalized spacial score (nSPS) is 10.8. The van der Waals surface area contributed by atoms with Crippen LogP contribution in [0.15, 0.2) is 70.7 Å². The molecule has 2 aromatic carbocycles. The van der Waals surface area contributed by atoms with E-state index in [1.54, 1.807) is 53.9 Å². The van der Waals surface area contributed by atoms with E-state index in [9.17, 15) is 9.18 Å². The quantitative estimate of drug-likeness (QED) is 0.340. The van der Waals surface area contributed by atoms with Crippen LogP contribution in [-0.2, 0) is 13.2 Å². The first-order chi connectivity index (χ1) is 15.0. The van der Waals surface area contributed by atoms with Crippen molar-refractivity contribution in [3.63, 3.8) is 0 Å². The molecule has 4 rings (SSSR count). The number of aromatic nitrogens is 1. The minimum Gasteiger partial charge on any atom is -0.489 e. The molecular weight excluding hydrogens is 439 g/mol. The lowest BCUT2D eigenvalue weighted by atomic mass is 10.2. The third-order valence-electron chi connectivity index (χ3n) is 4.57. The average Bonchev–Trinajstić information content (AvgIpc) is 3.45. The van der Waals surface area contributed by atoms with Gasteiger partial charge in [0.05, 0.1) is 17.8 Å². The van der Waals surface area contributed by atoms with E-state index in [4.69, 9.17) is 20.8 Å². The van der Waals surface area contributed by atoms with Gasteiger partial charge in [-0.25, -0.2) is 9.37 Å². The zero-order chi connectivity index (χ0) is 21.8. The molecule has 0 unspecified atom stereocenters. The van der Waals surface area contributed by atoms with Crippen LogP contribution < -0.4 is 4.74 Å². The van der Waals surface area contributed by atoms with Crippen molar-refractivity contribution in [2.24, 2.45) is 0 Å². The number of ether oxygens (including phenoxy) is 1. The number of carbonyl (C=O) groups excluding carboxylic acids is 1. The summed E-state index contributed by atoms with van der Waals surface area (Å²) in [7, 11) is 1.70. The zero-order valence-corrected chi connectivity index (χ0v) is 18.1. The monoisotopic (exact) mass is 456 g/mol. The van der Waals surface area contributed by atoms with Crippen LogP contribution in [0.2, 0.25) is 5.02 Å². The van der Waals surface area contributed by atoms with Crippen molar-refractivity contribution in [1.82, 2.24) is 9.88 Å². The SMILES string of the molecule is CN(Cc1ccco1)C(=O)c1csc(-c2cccc(OCc3c(F)cccc3Cl)c2)n1. The van der Waals surface area contributed by atoms with Gasteiger partial charge in [0.1, 0.15) is 34.6 Å². The molecule has 0 aliphatic rings. The van der Waals surface area contributed by atoms with E-state index in [2.05, 4.69) is 4.98 Å². The highest BCUT2D eigenvalue weighted by Gasteiger charge is 2.17. The molecule has 0 bridgehead atoms. The van der Waals surface area contributed by atoms with Crippen molar-refractivity contribution in [3.8, 4) is 16.3 Å². The van der Waals surface area contributed by atoms with Crippen LogP contribution in [0.25, 0.3) is 10.6 Å². The second-order valence-corrected chi connectivity index (χ2v) is 8.06. The fourth-order valence-electron chi connectivity index (χ4n) is 2.95. The van der Waals surface area contributed by atoms with Crippen molar-refractivity contribution in [1.29, 1.82) is 0 Å². The van der Waals surface area contributed by atoms with Gasteiger partial charge in [0.25, 0.3) is 5.91 Å². The van der Waals surface area contributed by atoms with Crippen LogP contribution in [0, 0.1) is 5.82 Å². The molecule has 1 amide bonds. The summed E-state index contributed by atoms with van der Waals surface area (Å²) in [6.45, 7) is 0.370. The highest BCUT2D eigenvalue weighted by molar-refractivity contribution is 7.13. The van der Waals surface area contributed by atoms with E-state index in [0.29, 0.717) is 39.3 Å². The fourth-order valence-corrected chi connectivity index (χ4v) is 3.96. The summed E-state index contributed by atoms with van der Waals surface area (Å²) in [6, 6.07) is 15.4. The van der Waals surface area contributed by atoms with E-state index >= 15 is 0 Å². The number of rotatable bonds is 7. The molecule has 0 fully saturated rings. The molecule has 0 aliphatic heterocycles. The number of amides is 1. The Morgan fingerprint density at radius 2 is 2.06 bits per heavy atom. The number of furan rings is 1. The maximum atomic E-state index is 13.9. The summed E-state index contributed by atoms with van der Waals surface area (Å²) < 4.78 is 25.0. The Kier molecular flexibility index (Phi) is 6.34. The molecule has 0 atom stereocenters. The molecule has 2 aromatic heterocycles. The Morgan fingerprint density at radius 3 is 2.84 bits per heavy atom. The zero-order valence-electron chi connectivity index (χ0n) is 16.5. The van der Waals surface area contributed by atoms with Crippen LogP contribution in [0.3, 0.4) is 0 Å². The molecular formula is C23H18ClFN2O3S. The minimum absolute atomic E-state index is 0.00807. The predicted molar refractivity (Wildman–Crippen MR) is 118 cm³/mol. The summed E-state index contributed by atoms with van der Waals surface area (Å²) in [5.74, 6) is 0.645. The van der Waals surface area contributed by atoms with Crippen molar-refractivity contribution < 1.29 is 18.3 Å². The van der Waals surface area contributed by atoms with Gasteiger partial charge in [-0.1, -0.05) is 29.8 Å². The lowest BCUT2D eigenvalue weighted by Crippen LogP contribution is -2.26. The molecule has 2 heterocycles. The minimum atomic E-state index is -0.412. The molecule has 0 saturated carbocycles. The van der Waals surface area contributed by atoms with E-state index in [1.165, 1.54) is 17.4 Å². The lowest BCUT2D eigenvalue weighted by molar-refractivity contribution is 0.0770. The molecule has 0 aliphatic carbocycles. The van der Waals surface area contributed by atoms with Gasteiger partial charge in [0.15, 0.2) is 0 Å². The van der Waals surface area contributed by atoms with E-state index in [0.717, 1.165) is 5.56 Å². The van der Waals surface area contributed by atoms with Crippen LogP contribution >= 0.6 is 22.9 Å². The largest absolute Gasteiger partial charge is 0.489 e. The topological polar surface area (TPSA) is 55.6 Å². The van der Waals surface area contributed by atoms with E-state index in [1.807, 2.05) is 18.2 Å². The van der Waals surface area contributed by atoms with Crippen molar-refractivity contribution in [2.75, 3.05) is 7.05 Å². The number of hydrogen-bond donors (Lipinski definition) is 0. The molecule has 0 saturated heterocycles. The number of benzene rings is 2. The molecule has 0 radical (unpaired) electrons. The number of halogens is 2. The van der Waals surface area contributed by atoms with Crippen molar-refractivity contribution in [2.45, 2.75) is 13.2 Å². The van der Waals surface area contributed by atoms with Crippen LogP contribution in [0.1, 0.15) is 21.8 Å². The summed E-state index contributed by atoms with van der Waals surface area (Å²) in [5, 5.41) is 2.73. The van der Waals surface area contributed by atoms with E-state index < -0.39 is 5.82 Å². The summed E-state index contributed by atoms with van der Waals surface area (Å²) in [5.41, 5.74) is 1.46. The Morgan fingerprint density at radius 1 is 1.23 bits per heavy atom. The molecule has 0 N–H and O–H groups in total. The van der Waals surface area contributed by atoms with Gasteiger partial charge < -0.3 is 14.1 Å². The van der Waals surface area contributed by atoms with Gasteiger partial charge in [0, 0.05) is 23.6 Å². The van der Waals surface area contributed by atoms with Crippen LogP contribution in [0.4, 0.5) is 4.39 Å². The van der Waals surface area contributed by atoms with Gasteiger partial charge in [0.2, 0.25) is 0 Å². The second kappa shape index (κ2) is 9.32. The van der Waals surface area contributed by atoms with Crippen molar-refractivity contribution >= 4 is 28.8 Å². The third-order valence-corrected chi connectivity index (χ3v) is 5.81. The highest BCUT2D eigenvalue weighted by atomic mass is 35.5. The van der Waals surface area contributed by atoms with Gasteiger partial charge >= 0.3 is 0 Å². The first-order valence-electron chi connectivity index (χ1n) is 9.41. The van der Waals surface area contributed by atoms with Crippen LogP contribution in [-0.4, -0.2) is 22.8 Å². The predicted octanol–water partition coefficient (Wildman–Crippen LogP) is 6.05. The molecule has 5 nitrogen and oxygen atoms in total.